The van der Waals surface area contributed by atoms with Gasteiger partial charge in [0, 0.05) is 7.05 Å². The Morgan fingerprint density at radius 3 is 2.31 bits per heavy atom. The van der Waals surface area contributed by atoms with Crippen LogP contribution in [-0.2, 0) is 0 Å². The number of halogens is 3. The van der Waals surface area contributed by atoms with Gasteiger partial charge in [0.05, 0.1) is 17.6 Å². The Bertz CT molecular complexity index is 356. The van der Waals surface area contributed by atoms with E-state index in [9.17, 15) is 18.0 Å². The van der Waals surface area contributed by atoms with Gasteiger partial charge in [-0.3, -0.25) is 0 Å². The molecule has 0 spiro atoms. The first-order valence-electron chi connectivity index (χ1n) is 4.27. The summed E-state index contributed by atoms with van der Waals surface area (Å²) < 4.78 is 37.2. The van der Waals surface area contributed by atoms with Crippen molar-refractivity contribution in [3.05, 3.63) is 30.3 Å². The molecule has 1 N–H and O–H groups in total. The van der Waals surface area contributed by atoms with Gasteiger partial charge in [-0.05, 0) is 12.1 Å². The van der Waals surface area contributed by atoms with Crippen LogP contribution in [0.5, 0.6) is 0 Å². The van der Waals surface area contributed by atoms with E-state index in [4.69, 9.17) is 0 Å². The largest absolute Gasteiger partial charge is 0.462 e. The Morgan fingerprint density at radius 1 is 1.31 bits per heavy atom. The molecule has 2 amide bonds. The number of urea groups is 1. The topological polar surface area (TPSA) is 32.3 Å². The zero-order valence-corrected chi connectivity index (χ0v) is 9.10. The minimum Gasteiger partial charge on any atom is -0.340 e. The maximum Gasteiger partial charge on any atom is 0.462 e. The van der Waals surface area contributed by atoms with E-state index in [0.717, 1.165) is 0 Å². The predicted octanol–water partition coefficient (Wildman–Crippen LogP) is 3.00. The molecule has 0 bridgehead atoms. The van der Waals surface area contributed by atoms with Gasteiger partial charge in [-0.15, -0.1) is 0 Å². The second-order valence-corrected chi connectivity index (χ2v) is 3.73. The highest BCUT2D eigenvalue weighted by Crippen LogP contribution is 2.36. The third kappa shape index (κ3) is 3.65. The molecule has 0 aliphatic carbocycles. The number of para-hydroxylation sites is 1. The first-order valence-corrected chi connectivity index (χ1v) is 5.04. The van der Waals surface area contributed by atoms with Crippen LogP contribution in [0, 0.1) is 0 Å². The summed E-state index contributed by atoms with van der Waals surface area (Å²) in [6.07, 6.45) is 0. The summed E-state index contributed by atoms with van der Waals surface area (Å²) in [6, 6.07) is 6.80. The maximum absolute atomic E-state index is 12.2. The molecule has 0 radical (unpaired) electrons. The molecule has 3 nitrogen and oxygen atoms in total. The highest BCUT2D eigenvalue weighted by Gasteiger charge is 2.35. The molecule has 0 unspecified atom stereocenters. The van der Waals surface area contributed by atoms with E-state index >= 15 is 0 Å². The van der Waals surface area contributed by atoms with E-state index in [1.165, 1.54) is 19.2 Å². The lowest BCUT2D eigenvalue weighted by atomic mass is 10.3. The summed E-state index contributed by atoms with van der Waals surface area (Å²) in [5.41, 5.74) is -4.34. The first-order chi connectivity index (χ1) is 7.44. The van der Waals surface area contributed by atoms with Crippen LogP contribution in [0.4, 0.5) is 23.7 Å². The number of nitrogens with one attached hydrogen (secondary N) is 1. The first kappa shape index (κ1) is 12.7. The van der Waals surface area contributed by atoms with Crippen LogP contribution in [0.15, 0.2) is 30.3 Å². The summed E-state index contributed by atoms with van der Waals surface area (Å²) in [6.45, 7) is 0. The Hall–Kier alpha value is -1.37. The molecule has 0 aromatic heterocycles. The molecule has 1 aromatic carbocycles. The molecular formula is C9H9F3N2OS. The molecule has 0 saturated carbocycles. The van der Waals surface area contributed by atoms with Crippen LogP contribution in [0.2, 0.25) is 0 Å². The van der Waals surface area contributed by atoms with Crippen LogP contribution in [0.1, 0.15) is 0 Å². The maximum atomic E-state index is 12.2. The highest BCUT2D eigenvalue weighted by molar-refractivity contribution is 8.02. The summed E-state index contributed by atoms with van der Waals surface area (Å²) >= 11 is -0.491. The average molecular weight is 250 g/mol. The summed E-state index contributed by atoms with van der Waals surface area (Å²) in [7, 11) is 1.27. The molecule has 7 heteroatoms. The summed E-state index contributed by atoms with van der Waals surface area (Å²) in [4.78, 5) is 11.3. The summed E-state index contributed by atoms with van der Waals surface area (Å²) in [5.74, 6) is 0. The molecule has 1 rings (SSSR count). The predicted molar refractivity (Wildman–Crippen MR) is 57.0 cm³/mol. The van der Waals surface area contributed by atoms with E-state index in [0.29, 0.717) is 4.31 Å². The number of hydrogen-bond donors (Lipinski definition) is 1. The van der Waals surface area contributed by atoms with Crippen molar-refractivity contribution >= 4 is 23.7 Å². The smallest absolute Gasteiger partial charge is 0.340 e. The molecule has 0 atom stereocenters. The van der Waals surface area contributed by atoms with Crippen molar-refractivity contribution in [1.29, 1.82) is 0 Å². The van der Waals surface area contributed by atoms with Crippen molar-refractivity contribution in [2.75, 3.05) is 11.4 Å². The van der Waals surface area contributed by atoms with Gasteiger partial charge in [0.2, 0.25) is 0 Å². The van der Waals surface area contributed by atoms with Crippen molar-refractivity contribution < 1.29 is 18.0 Å². The molecular weight excluding hydrogens is 241 g/mol. The number of carbonyl (C=O) groups is 1. The second kappa shape index (κ2) is 5.11. The van der Waals surface area contributed by atoms with Gasteiger partial charge in [0.25, 0.3) is 0 Å². The fourth-order valence-corrected chi connectivity index (χ4v) is 1.59. The Labute approximate surface area is 94.8 Å². The molecule has 1 aromatic rings. The number of carbonyl (C=O) groups excluding carboxylic acids is 1. The fraction of sp³-hybridized carbons (Fsp3) is 0.222. The monoisotopic (exact) mass is 250 g/mol. The fourth-order valence-electron chi connectivity index (χ4n) is 0.980. The Morgan fingerprint density at radius 2 is 1.88 bits per heavy atom. The number of alkyl halides is 3. The summed E-state index contributed by atoms with van der Waals surface area (Å²) in [5, 5.41) is 2.15. The third-order valence-corrected chi connectivity index (χ3v) is 2.35. The van der Waals surface area contributed by atoms with Crippen molar-refractivity contribution in [2.24, 2.45) is 0 Å². The SMILES string of the molecule is CNC(=O)N(SC(F)(F)F)c1ccccc1. The molecule has 0 aliphatic heterocycles. The van der Waals surface area contributed by atoms with Gasteiger partial charge in [-0.1, -0.05) is 18.2 Å². The number of benzene rings is 1. The number of hydrogen-bond acceptors (Lipinski definition) is 2. The Kier molecular flexibility index (Phi) is 4.05. The van der Waals surface area contributed by atoms with Crippen molar-refractivity contribution in [3.8, 4) is 0 Å². The zero-order chi connectivity index (χ0) is 12.2. The highest BCUT2D eigenvalue weighted by atomic mass is 32.2. The number of rotatable bonds is 2. The van der Waals surface area contributed by atoms with Gasteiger partial charge >= 0.3 is 11.5 Å². The van der Waals surface area contributed by atoms with E-state index in [-0.39, 0.29) is 5.69 Å². The van der Waals surface area contributed by atoms with Gasteiger partial charge in [0.15, 0.2) is 0 Å². The van der Waals surface area contributed by atoms with Crippen LogP contribution in [0.3, 0.4) is 0 Å². The van der Waals surface area contributed by atoms with Gasteiger partial charge in [-0.2, -0.15) is 13.2 Å². The molecule has 88 valence electrons. The van der Waals surface area contributed by atoms with Gasteiger partial charge in [0.1, 0.15) is 0 Å². The normalized spacial score (nSPS) is 11.0. The molecule has 16 heavy (non-hydrogen) atoms. The van der Waals surface area contributed by atoms with Gasteiger partial charge in [-0.25, -0.2) is 9.10 Å². The molecule has 0 fully saturated rings. The zero-order valence-electron chi connectivity index (χ0n) is 8.28. The van der Waals surface area contributed by atoms with Crippen LogP contribution in [0.25, 0.3) is 0 Å². The van der Waals surface area contributed by atoms with Crippen molar-refractivity contribution in [2.45, 2.75) is 5.51 Å². The quantitative estimate of drug-likeness (QED) is 0.818. The second-order valence-electron chi connectivity index (χ2n) is 2.72. The van der Waals surface area contributed by atoms with Crippen LogP contribution >= 0.6 is 11.9 Å². The van der Waals surface area contributed by atoms with Crippen molar-refractivity contribution in [1.82, 2.24) is 5.32 Å². The lowest BCUT2D eigenvalue weighted by Crippen LogP contribution is -2.35. The number of anilines is 1. The Balaban J connectivity index is 2.93. The minimum absolute atomic E-state index is 0.171. The van der Waals surface area contributed by atoms with Crippen LogP contribution in [-0.4, -0.2) is 18.6 Å². The third-order valence-electron chi connectivity index (χ3n) is 1.58. The van der Waals surface area contributed by atoms with E-state index < -0.39 is 23.5 Å². The van der Waals surface area contributed by atoms with Crippen LogP contribution < -0.4 is 9.62 Å². The minimum atomic E-state index is -4.51. The average Bonchev–Trinajstić information content (AvgIpc) is 2.25. The lowest BCUT2D eigenvalue weighted by molar-refractivity contribution is -0.0328. The van der Waals surface area contributed by atoms with Gasteiger partial charge < -0.3 is 5.32 Å². The number of nitrogens with zero attached hydrogens (tertiary/aromatic N) is 1. The molecule has 0 saturated heterocycles. The molecule has 0 aliphatic rings. The van der Waals surface area contributed by atoms with Crippen molar-refractivity contribution in [3.63, 3.8) is 0 Å². The molecule has 0 heterocycles. The van der Waals surface area contributed by atoms with E-state index in [2.05, 4.69) is 5.32 Å². The van der Waals surface area contributed by atoms with E-state index in [1.54, 1.807) is 18.2 Å². The number of amides is 2. The standard InChI is InChI=1S/C9H9F3N2OS/c1-13-8(15)14(16-9(10,11)12)7-5-3-2-4-6-7/h2-6H,1H3,(H,13,15). The lowest BCUT2D eigenvalue weighted by Gasteiger charge is -2.21. The van der Waals surface area contributed by atoms with E-state index in [1.807, 2.05) is 0 Å².